The van der Waals surface area contributed by atoms with Gasteiger partial charge in [0.05, 0.1) is 12.2 Å². The van der Waals surface area contributed by atoms with Crippen molar-refractivity contribution in [1.82, 2.24) is 0 Å². The molecule has 1 nitrogen and oxygen atoms in total. The fourth-order valence-electron chi connectivity index (χ4n) is 0.999. The van der Waals surface area contributed by atoms with Gasteiger partial charge in [0, 0.05) is 6.42 Å². The fourth-order valence-corrected chi connectivity index (χ4v) is 0.999. The van der Waals surface area contributed by atoms with Crippen LogP contribution in [0.5, 0.6) is 0 Å². The largest absolute Gasteiger partial charge is 0.416 e. The third kappa shape index (κ3) is 2.70. The number of benzene rings is 1. The van der Waals surface area contributed by atoms with E-state index in [1.807, 2.05) is 0 Å². The summed E-state index contributed by atoms with van der Waals surface area (Å²) in [6.45, 7) is -0.430. The van der Waals surface area contributed by atoms with Crippen LogP contribution in [-0.2, 0) is 6.18 Å². The smallest absolute Gasteiger partial charge is 0.396 e. The lowest BCUT2D eigenvalue weighted by atomic mass is 10.1. The van der Waals surface area contributed by atoms with Gasteiger partial charge in [-0.1, -0.05) is 0 Å². The molecule has 0 aliphatic rings. The van der Waals surface area contributed by atoms with Gasteiger partial charge in [0.25, 0.3) is 0 Å². The van der Waals surface area contributed by atoms with Crippen molar-refractivity contribution in [1.29, 1.82) is 0 Å². The van der Waals surface area contributed by atoms with Gasteiger partial charge in [0.1, 0.15) is 5.82 Å². The van der Waals surface area contributed by atoms with Gasteiger partial charge >= 0.3 is 6.18 Å². The maximum Gasteiger partial charge on any atom is 0.416 e. The van der Waals surface area contributed by atoms with E-state index >= 15 is 0 Å². The average molecular weight is 207 g/mol. The molecule has 0 aromatic heterocycles. The minimum Gasteiger partial charge on any atom is -0.396 e. The first-order valence-electron chi connectivity index (χ1n) is 3.75. The third-order valence-electron chi connectivity index (χ3n) is 1.57. The summed E-state index contributed by atoms with van der Waals surface area (Å²) in [5, 5.41) is 8.45. The molecule has 0 bridgehead atoms. The molecule has 0 atom stereocenters. The molecular weight excluding hydrogens is 200 g/mol. The molecule has 0 unspecified atom stereocenters. The highest BCUT2D eigenvalue weighted by Crippen LogP contribution is 2.30. The summed E-state index contributed by atoms with van der Waals surface area (Å²) in [7, 11) is 0. The van der Waals surface area contributed by atoms with Crippen LogP contribution in [0.3, 0.4) is 0 Å². The first-order valence-corrected chi connectivity index (χ1v) is 3.75. The van der Waals surface area contributed by atoms with Crippen molar-refractivity contribution in [2.45, 2.75) is 6.18 Å². The van der Waals surface area contributed by atoms with E-state index < -0.39 is 24.2 Å². The Morgan fingerprint density at radius 2 is 1.86 bits per heavy atom. The van der Waals surface area contributed by atoms with Crippen molar-refractivity contribution in [3.8, 4) is 0 Å². The molecule has 0 fully saturated rings. The third-order valence-corrected chi connectivity index (χ3v) is 1.57. The molecule has 77 valence electrons. The van der Waals surface area contributed by atoms with Gasteiger partial charge in [-0.2, -0.15) is 13.2 Å². The van der Waals surface area contributed by atoms with E-state index in [0.29, 0.717) is 6.07 Å². The van der Waals surface area contributed by atoms with Crippen molar-refractivity contribution in [3.05, 3.63) is 41.6 Å². The molecule has 0 aliphatic carbocycles. The zero-order valence-electron chi connectivity index (χ0n) is 6.98. The monoisotopic (exact) mass is 207 g/mol. The maximum absolute atomic E-state index is 12.7. The van der Waals surface area contributed by atoms with Crippen LogP contribution in [0.15, 0.2) is 18.2 Å². The Morgan fingerprint density at radius 1 is 1.21 bits per heavy atom. The number of hydrogen-bond acceptors (Lipinski definition) is 1. The zero-order chi connectivity index (χ0) is 10.8. The van der Waals surface area contributed by atoms with Gasteiger partial charge in [-0.15, -0.1) is 0 Å². The summed E-state index contributed by atoms with van der Waals surface area (Å²) >= 11 is 0. The molecule has 0 saturated heterocycles. The van der Waals surface area contributed by atoms with Crippen LogP contribution in [0.25, 0.3) is 0 Å². The Kier molecular flexibility index (Phi) is 3.10. The minimum absolute atomic E-state index is 0.0137. The maximum atomic E-state index is 12.7. The van der Waals surface area contributed by atoms with Gasteiger partial charge < -0.3 is 5.11 Å². The molecule has 0 spiro atoms. The van der Waals surface area contributed by atoms with Crippen LogP contribution in [0, 0.1) is 12.2 Å². The number of hydrogen-bond donors (Lipinski definition) is 1. The summed E-state index contributed by atoms with van der Waals surface area (Å²) < 4.78 is 49.1. The second-order valence-electron chi connectivity index (χ2n) is 2.66. The SMILES string of the molecule is OC[CH]c1cc(F)cc(C(F)(F)F)c1. The predicted molar refractivity (Wildman–Crippen MR) is 41.9 cm³/mol. The first kappa shape index (κ1) is 11.0. The Balaban J connectivity index is 3.07. The van der Waals surface area contributed by atoms with E-state index in [1.54, 1.807) is 0 Å². The predicted octanol–water partition coefficient (Wildman–Crippen LogP) is 2.39. The number of alkyl halides is 3. The number of aliphatic hydroxyl groups excluding tert-OH is 1. The van der Waals surface area contributed by atoms with E-state index in [0.717, 1.165) is 18.6 Å². The molecule has 1 N–H and O–H groups in total. The molecule has 0 saturated carbocycles. The van der Waals surface area contributed by atoms with Crippen LogP contribution in [0.1, 0.15) is 11.1 Å². The average Bonchev–Trinajstić information content (AvgIpc) is 2.02. The Hall–Kier alpha value is -1.10. The highest BCUT2D eigenvalue weighted by molar-refractivity contribution is 5.31. The fraction of sp³-hybridized carbons (Fsp3) is 0.222. The number of rotatable bonds is 2. The van der Waals surface area contributed by atoms with Crippen LogP contribution in [0.2, 0.25) is 0 Å². The summed E-state index contributed by atoms with van der Waals surface area (Å²) in [4.78, 5) is 0. The van der Waals surface area contributed by atoms with E-state index in [-0.39, 0.29) is 5.56 Å². The van der Waals surface area contributed by atoms with Crippen molar-refractivity contribution in [3.63, 3.8) is 0 Å². The van der Waals surface area contributed by atoms with E-state index in [4.69, 9.17) is 5.11 Å². The summed E-state index contributed by atoms with van der Waals surface area (Å²) in [5.74, 6) is -0.973. The molecule has 0 aliphatic heterocycles. The van der Waals surface area contributed by atoms with E-state index in [2.05, 4.69) is 0 Å². The van der Waals surface area contributed by atoms with Crippen LogP contribution in [0.4, 0.5) is 17.6 Å². The van der Waals surface area contributed by atoms with Gasteiger partial charge in [-0.3, -0.25) is 0 Å². The molecule has 1 aromatic carbocycles. The lowest BCUT2D eigenvalue weighted by Gasteiger charge is -2.08. The van der Waals surface area contributed by atoms with Crippen molar-refractivity contribution in [2.75, 3.05) is 6.61 Å². The van der Waals surface area contributed by atoms with Crippen LogP contribution in [-0.4, -0.2) is 11.7 Å². The zero-order valence-corrected chi connectivity index (χ0v) is 6.98. The summed E-state index contributed by atoms with van der Waals surface area (Å²) in [5.41, 5.74) is -1.04. The van der Waals surface area contributed by atoms with Gasteiger partial charge in [-0.05, 0) is 23.8 Å². The lowest BCUT2D eigenvalue weighted by molar-refractivity contribution is -0.137. The molecule has 1 rings (SSSR count). The normalized spacial score (nSPS) is 11.8. The highest BCUT2D eigenvalue weighted by atomic mass is 19.4. The first-order chi connectivity index (χ1) is 6.43. The second kappa shape index (κ2) is 3.96. The molecular formula is C9H7F4O. The minimum atomic E-state index is -4.57. The summed E-state index contributed by atoms with van der Waals surface area (Å²) in [6.07, 6.45) is -3.47. The van der Waals surface area contributed by atoms with Crippen molar-refractivity contribution in [2.24, 2.45) is 0 Å². The van der Waals surface area contributed by atoms with E-state index in [9.17, 15) is 17.6 Å². The van der Waals surface area contributed by atoms with Crippen molar-refractivity contribution >= 4 is 0 Å². The van der Waals surface area contributed by atoms with Gasteiger partial charge in [0.15, 0.2) is 0 Å². The molecule has 5 heteroatoms. The standard InChI is InChI=1S/C9H7F4O/c10-8-4-6(1-2-14)3-7(5-8)9(11,12)13/h1,3-5,14H,2H2. The van der Waals surface area contributed by atoms with Gasteiger partial charge in [0.2, 0.25) is 0 Å². The Morgan fingerprint density at radius 3 is 2.36 bits per heavy atom. The van der Waals surface area contributed by atoms with Gasteiger partial charge in [-0.25, -0.2) is 4.39 Å². The molecule has 1 aromatic rings. The quantitative estimate of drug-likeness (QED) is 0.738. The molecule has 0 amide bonds. The highest BCUT2D eigenvalue weighted by Gasteiger charge is 2.31. The lowest BCUT2D eigenvalue weighted by Crippen LogP contribution is -2.06. The van der Waals surface area contributed by atoms with E-state index in [1.165, 1.54) is 0 Å². The molecule has 1 radical (unpaired) electrons. The molecule has 14 heavy (non-hydrogen) atoms. The Labute approximate surface area is 78.0 Å². The van der Waals surface area contributed by atoms with Crippen LogP contribution >= 0.6 is 0 Å². The Bertz CT molecular complexity index is 319. The molecule has 0 heterocycles. The summed E-state index contributed by atoms with van der Waals surface area (Å²) in [6, 6.07) is 2.11. The van der Waals surface area contributed by atoms with Crippen molar-refractivity contribution < 1.29 is 22.7 Å². The topological polar surface area (TPSA) is 20.2 Å². The number of aliphatic hydroxyl groups is 1. The number of halogens is 4. The second-order valence-corrected chi connectivity index (χ2v) is 2.66. The van der Waals surface area contributed by atoms with Crippen LogP contribution < -0.4 is 0 Å².